The van der Waals surface area contributed by atoms with Gasteiger partial charge in [-0.15, -0.1) is 0 Å². The Morgan fingerprint density at radius 1 is 1.03 bits per heavy atom. The first-order chi connectivity index (χ1) is 14.1. The summed E-state index contributed by atoms with van der Waals surface area (Å²) < 4.78 is 11.3. The normalized spacial score (nSPS) is 10.4. The number of rotatable bonds is 4. The zero-order valence-electron chi connectivity index (χ0n) is 14.9. The average Bonchev–Trinajstić information content (AvgIpc) is 2.74. The highest BCUT2D eigenvalue weighted by Gasteiger charge is 2.14. The second kappa shape index (κ2) is 7.29. The molecule has 0 fully saturated rings. The van der Waals surface area contributed by atoms with Gasteiger partial charge in [-0.05, 0) is 23.8 Å². The van der Waals surface area contributed by atoms with Gasteiger partial charge in [0.2, 0.25) is 0 Å². The molecule has 1 aromatic heterocycles. The maximum Gasteiger partial charge on any atom is 0.271 e. The van der Waals surface area contributed by atoms with Crippen LogP contribution < -0.4 is 10.2 Å². The molecule has 0 saturated heterocycles. The van der Waals surface area contributed by atoms with Crippen LogP contribution in [0.2, 0.25) is 0 Å². The minimum Gasteiger partial charge on any atom is -0.463 e. The lowest BCUT2D eigenvalue weighted by molar-refractivity contribution is -0.384. The number of nitro groups is 1. The molecule has 0 atom stereocenters. The van der Waals surface area contributed by atoms with Crippen LogP contribution >= 0.6 is 0 Å². The molecule has 0 aliphatic heterocycles. The Balaban J connectivity index is 1.71. The number of fused-ring (bicyclic) bond motifs is 1. The molecule has 0 radical (unpaired) electrons. The highest BCUT2D eigenvalue weighted by atomic mass is 16.6. The molecule has 0 unspecified atom stereocenters. The Hall–Kier alpha value is -4.44. The SMILES string of the molecule is N#Cc1cc([N+](=O)[O-])ccc1Oc1ccc2c(=O)c(-c3ccccc3)coc2c1. The van der Waals surface area contributed by atoms with Crippen molar-refractivity contribution in [2.24, 2.45) is 0 Å². The molecule has 0 N–H and O–H groups in total. The molecule has 0 aliphatic carbocycles. The quantitative estimate of drug-likeness (QED) is 0.361. The van der Waals surface area contributed by atoms with Crippen LogP contribution in [0.1, 0.15) is 5.56 Å². The maximum absolute atomic E-state index is 12.8. The van der Waals surface area contributed by atoms with Gasteiger partial charge in [-0.25, -0.2) is 0 Å². The first-order valence-electron chi connectivity index (χ1n) is 8.54. The third kappa shape index (κ3) is 3.42. The number of benzene rings is 3. The van der Waals surface area contributed by atoms with Crippen molar-refractivity contribution in [3.63, 3.8) is 0 Å². The molecule has 0 bridgehead atoms. The summed E-state index contributed by atoms with van der Waals surface area (Å²) in [4.78, 5) is 23.1. The molecule has 7 nitrogen and oxygen atoms in total. The van der Waals surface area contributed by atoms with E-state index in [4.69, 9.17) is 9.15 Å². The molecule has 0 amide bonds. The second-order valence-corrected chi connectivity index (χ2v) is 6.15. The molecule has 0 spiro atoms. The van der Waals surface area contributed by atoms with E-state index < -0.39 is 4.92 Å². The average molecular weight is 384 g/mol. The Labute approximate surface area is 164 Å². The summed E-state index contributed by atoms with van der Waals surface area (Å²) in [6.07, 6.45) is 1.40. The Bertz CT molecular complexity index is 1340. The van der Waals surface area contributed by atoms with Gasteiger partial charge in [0, 0.05) is 18.2 Å². The first-order valence-corrected chi connectivity index (χ1v) is 8.54. The predicted molar refractivity (Wildman–Crippen MR) is 106 cm³/mol. The maximum atomic E-state index is 12.8. The van der Waals surface area contributed by atoms with Crippen molar-refractivity contribution in [1.29, 1.82) is 5.26 Å². The fraction of sp³-hybridized carbons (Fsp3) is 0. The van der Waals surface area contributed by atoms with E-state index in [1.165, 1.54) is 24.5 Å². The Morgan fingerprint density at radius 2 is 1.83 bits per heavy atom. The van der Waals surface area contributed by atoms with Crippen LogP contribution in [-0.4, -0.2) is 4.92 Å². The van der Waals surface area contributed by atoms with Crippen LogP contribution in [0.25, 0.3) is 22.1 Å². The number of nitro benzene ring substituents is 1. The van der Waals surface area contributed by atoms with Gasteiger partial charge in [-0.2, -0.15) is 5.26 Å². The summed E-state index contributed by atoms with van der Waals surface area (Å²) in [6.45, 7) is 0. The molecule has 7 heteroatoms. The van der Waals surface area contributed by atoms with Gasteiger partial charge in [0.15, 0.2) is 5.43 Å². The van der Waals surface area contributed by atoms with Crippen LogP contribution in [0.15, 0.2) is 82.2 Å². The third-order valence-electron chi connectivity index (χ3n) is 4.35. The largest absolute Gasteiger partial charge is 0.463 e. The van der Waals surface area contributed by atoms with Crippen LogP contribution in [0, 0.1) is 21.4 Å². The standard InChI is InChI=1S/C22H12N2O5/c23-12-15-10-16(24(26)27)6-9-20(15)29-17-7-8-18-21(11-17)28-13-19(22(18)25)14-4-2-1-3-5-14/h1-11,13H. The molecule has 0 aliphatic rings. The summed E-state index contributed by atoms with van der Waals surface area (Å²) in [5.41, 5.74) is 1.19. The summed E-state index contributed by atoms with van der Waals surface area (Å²) in [6, 6.07) is 19.5. The highest BCUT2D eigenvalue weighted by Crippen LogP contribution is 2.30. The molecule has 1 heterocycles. The number of hydrogen-bond acceptors (Lipinski definition) is 6. The van der Waals surface area contributed by atoms with Crippen molar-refractivity contribution in [2.45, 2.75) is 0 Å². The van der Waals surface area contributed by atoms with Crippen molar-refractivity contribution in [3.05, 3.63) is 98.9 Å². The van der Waals surface area contributed by atoms with E-state index in [0.29, 0.717) is 22.3 Å². The van der Waals surface area contributed by atoms with Crippen molar-refractivity contribution in [2.75, 3.05) is 0 Å². The van der Waals surface area contributed by atoms with E-state index in [9.17, 15) is 20.2 Å². The number of nitrogens with zero attached hydrogens (tertiary/aromatic N) is 2. The molecular formula is C22H12N2O5. The van der Waals surface area contributed by atoms with E-state index in [-0.39, 0.29) is 22.4 Å². The minimum absolute atomic E-state index is 0.0279. The van der Waals surface area contributed by atoms with Gasteiger partial charge in [0.05, 0.1) is 15.9 Å². The second-order valence-electron chi connectivity index (χ2n) is 6.15. The van der Waals surface area contributed by atoms with Crippen molar-refractivity contribution in [3.8, 4) is 28.7 Å². The van der Waals surface area contributed by atoms with Crippen LogP contribution in [0.5, 0.6) is 11.5 Å². The molecule has 29 heavy (non-hydrogen) atoms. The van der Waals surface area contributed by atoms with Crippen molar-refractivity contribution in [1.82, 2.24) is 0 Å². The zero-order valence-corrected chi connectivity index (χ0v) is 14.9. The molecule has 4 aromatic rings. The third-order valence-corrected chi connectivity index (χ3v) is 4.35. The molecule has 3 aromatic carbocycles. The lowest BCUT2D eigenvalue weighted by Gasteiger charge is -2.08. The monoisotopic (exact) mass is 384 g/mol. The zero-order chi connectivity index (χ0) is 20.4. The Kier molecular flexibility index (Phi) is 4.51. The first kappa shape index (κ1) is 17.9. The summed E-state index contributed by atoms with van der Waals surface area (Å²) in [7, 11) is 0. The lowest BCUT2D eigenvalue weighted by atomic mass is 10.1. The highest BCUT2D eigenvalue weighted by molar-refractivity contribution is 5.82. The van der Waals surface area contributed by atoms with E-state index in [1.54, 1.807) is 12.1 Å². The number of hydrogen-bond donors (Lipinski definition) is 0. The van der Waals surface area contributed by atoms with Gasteiger partial charge >= 0.3 is 0 Å². The fourth-order valence-corrected chi connectivity index (χ4v) is 2.92. The van der Waals surface area contributed by atoms with Gasteiger partial charge in [-0.3, -0.25) is 14.9 Å². The van der Waals surface area contributed by atoms with Crippen molar-refractivity contribution < 1.29 is 14.1 Å². The fourth-order valence-electron chi connectivity index (χ4n) is 2.92. The summed E-state index contributed by atoms with van der Waals surface area (Å²) >= 11 is 0. The predicted octanol–water partition coefficient (Wildman–Crippen LogP) is 5.03. The van der Waals surface area contributed by atoms with Gasteiger partial charge in [-0.1, -0.05) is 30.3 Å². The van der Waals surface area contributed by atoms with Crippen LogP contribution in [0.3, 0.4) is 0 Å². The van der Waals surface area contributed by atoms with Gasteiger partial charge in [0.1, 0.15) is 35.0 Å². The number of non-ortho nitro benzene ring substituents is 1. The van der Waals surface area contributed by atoms with Crippen LogP contribution in [0.4, 0.5) is 5.69 Å². The molecule has 140 valence electrons. The van der Waals surface area contributed by atoms with Crippen molar-refractivity contribution >= 4 is 16.7 Å². The van der Waals surface area contributed by atoms with Gasteiger partial charge < -0.3 is 9.15 Å². The van der Waals surface area contributed by atoms with E-state index in [1.807, 2.05) is 36.4 Å². The van der Waals surface area contributed by atoms with E-state index >= 15 is 0 Å². The minimum atomic E-state index is -0.584. The number of ether oxygens (including phenoxy) is 1. The van der Waals surface area contributed by atoms with Crippen LogP contribution in [-0.2, 0) is 0 Å². The summed E-state index contributed by atoms with van der Waals surface area (Å²) in [5.74, 6) is 0.499. The molecular weight excluding hydrogens is 372 g/mol. The van der Waals surface area contributed by atoms with Gasteiger partial charge in [0.25, 0.3) is 5.69 Å². The van der Waals surface area contributed by atoms with E-state index in [2.05, 4.69) is 0 Å². The molecule has 4 rings (SSSR count). The lowest BCUT2D eigenvalue weighted by Crippen LogP contribution is -2.04. The smallest absolute Gasteiger partial charge is 0.271 e. The summed E-state index contributed by atoms with van der Waals surface area (Å²) in [5, 5.41) is 20.5. The number of nitriles is 1. The Morgan fingerprint density at radius 3 is 2.55 bits per heavy atom. The van der Waals surface area contributed by atoms with E-state index in [0.717, 1.165) is 11.6 Å². The topological polar surface area (TPSA) is 106 Å². The molecule has 0 saturated carbocycles.